The molecule has 0 radical (unpaired) electrons. The van der Waals surface area contributed by atoms with Crippen LogP contribution in [0.3, 0.4) is 0 Å². The van der Waals surface area contributed by atoms with Crippen molar-refractivity contribution in [1.82, 2.24) is 19.7 Å². The number of aromatic nitrogens is 4. The van der Waals surface area contributed by atoms with Crippen LogP contribution in [-0.2, 0) is 4.74 Å². The lowest BCUT2D eigenvalue weighted by Gasteiger charge is -2.18. The summed E-state index contributed by atoms with van der Waals surface area (Å²) in [6.07, 6.45) is 4.26. The molecule has 2 N–H and O–H groups in total. The zero-order chi connectivity index (χ0) is 20.4. The van der Waals surface area contributed by atoms with Gasteiger partial charge >= 0.3 is 5.97 Å². The second-order valence-electron chi connectivity index (χ2n) is 7.21. The number of ether oxygens (including phenoxy) is 2. The number of pyridine rings is 1. The molecule has 0 amide bonds. The van der Waals surface area contributed by atoms with Gasteiger partial charge in [-0.15, -0.1) is 10.2 Å². The van der Waals surface area contributed by atoms with Crippen molar-refractivity contribution in [3.8, 4) is 17.3 Å². The van der Waals surface area contributed by atoms with E-state index in [1.165, 1.54) is 7.11 Å². The largest absolute Gasteiger partial charge is 0.489 e. The molecule has 8 heteroatoms. The Morgan fingerprint density at radius 3 is 2.90 bits per heavy atom. The molecule has 1 fully saturated rings. The monoisotopic (exact) mass is 393 g/mol. The van der Waals surface area contributed by atoms with Crippen LogP contribution in [0.5, 0.6) is 5.75 Å². The zero-order valence-electron chi connectivity index (χ0n) is 16.4. The van der Waals surface area contributed by atoms with Crippen molar-refractivity contribution < 1.29 is 14.3 Å². The van der Waals surface area contributed by atoms with Crippen molar-refractivity contribution in [2.45, 2.75) is 38.3 Å². The minimum absolute atomic E-state index is 0.0184. The number of hydrogen-bond acceptors (Lipinski definition) is 7. The normalized spacial score (nSPS) is 18.6. The van der Waals surface area contributed by atoms with Gasteiger partial charge in [-0.05, 0) is 44.0 Å². The number of nitrogens with zero attached hydrogens (tertiary/aromatic N) is 4. The highest BCUT2D eigenvalue weighted by atomic mass is 16.5. The van der Waals surface area contributed by atoms with Gasteiger partial charge in [0.15, 0.2) is 5.82 Å². The van der Waals surface area contributed by atoms with Gasteiger partial charge in [0.1, 0.15) is 35.3 Å². The molecule has 0 saturated heterocycles. The van der Waals surface area contributed by atoms with Crippen LogP contribution in [-0.4, -0.2) is 38.9 Å². The van der Waals surface area contributed by atoms with Gasteiger partial charge in [0, 0.05) is 12.5 Å². The molecule has 2 aromatic heterocycles. The van der Waals surface area contributed by atoms with Crippen LogP contribution < -0.4 is 10.5 Å². The maximum atomic E-state index is 12.1. The molecule has 0 spiro atoms. The molecular weight excluding hydrogens is 370 g/mol. The number of rotatable bonds is 5. The maximum Gasteiger partial charge on any atom is 0.341 e. The first-order valence-corrected chi connectivity index (χ1v) is 9.53. The van der Waals surface area contributed by atoms with E-state index < -0.39 is 5.97 Å². The van der Waals surface area contributed by atoms with Crippen molar-refractivity contribution in [3.63, 3.8) is 0 Å². The van der Waals surface area contributed by atoms with Gasteiger partial charge in [-0.2, -0.15) is 0 Å². The van der Waals surface area contributed by atoms with Crippen LogP contribution in [0.1, 0.15) is 41.2 Å². The Labute approximate surface area is 168 Å². The molecule has 1 aliphatic rings. The summed E-state index contributed by atoms with van der Waals surface area (Å²) in [6, 6.07) is 11.2. The van der Waals surface area contributed by atoms with E-state index in [9.17, 15) is 4.79 Å². The number of carbonyl (C=O) groups is 1. The molecule has 8 nitrogen and oxygen atoms in total. The summed E-state index contributed by atoms with van der Waals surface area (Å²) in [5.74, 6) is 1.29. The minimum Gasteiger partial charge on any atom is -0.489 e. The summed E-state index contributed by atoms with van der Waals surface area (Å²) in [7, 11) is 1.37. The molecular formula is C21H23N5O3. The van der Waals surface area contributed by atoms with Crippen LogP contribution in [0.4, 0.5) is 5.82 Å². The molecule has 1 aromatic carbocycles. The van der Waals surface area contributed by atoms with Crippen LogP contribution >= 0.6 is 0 Å². The number of methoxy groups -OCH3 is 1. The number of anilines is 1. The summed E-state index contributed by atoms with van der Waals surface area (Å²) in [5, 5.41) is 8.30. The van der Waals surface area contributed by atoms with Crippen LogP contribution in [0.2, 0.25) is 0 Å². The average Bonchev–Trinajstić information content (AvgIpc) is 3.38. The highest BCUT2D eigenvalue weighted by molar-refractivity contribution is 5.92. The van der Waals surface area contributed by atoms with Crippen LogP contribution in [0.15, 0.2) is 42.7 Å². The fraction of sp³-hybridized carbons (Fsp3) is 0.333. The van der Waals surface area contributed by atoms with Crippen molar-refractivity contribution in [1.29, 1.82) is 0 Å². The lowest BCUT2D eigenvalue weighted by atomic mass is 10.1. The number of esters is 1. The van der Waals surface area contributed by atoms with Crippen molar-refractivity contribution >= 4 is 11.8 Å². The second-order valence-corrected chi connectivity index (χ2v) is 7.21. The first-order valence-electron chi connectivity index (χ1n) is 9.53. The van der Waals surface area contributed by atoms with E-state index >= 15 is 0 Å². The molecule has 0 bridgehead atoms. The van der Waals surface area contributed by atoms with Crippen molar-refractivity contribution in [2.24, 2.45) is 0 Å². The Bertz CT molecular complexity index is 1030. The first-order chi connectivity index (χ1) is 14.0. The average molecular weight is 393 g/mol. The summed E-state index contributed by atoms with van der Waals surface area (Å²) in [6.45, 7) is 1.93. The van der Waals surface area contributed by atoms with Crippen LogP contribution in [0, 0.1) is 6.92 Å². The Morgan fingerprint density at radius 1 is 1.24 bits per heavy atom. The van der Waals surface area contributed by atoms with E-state index in [0.29, 0.717) is 28.6 Å². The third-order valence-corrected chi connectivity index (χ3v) is 5.16. The quantitative estimate of drug-likeness (QED) is 0.664. The molecule has 29 heavy (non-hydrogen) atoms. The van der Waals surface area contributed by atoms with Gasteiger partial charge in [-0.1, -0.05) is 17.7 Å². The highest BCUT2D eigenvalue weighted by Gasteiger charge is 2.30. The van der Waals surface area contributed by atoms with Crippen molar-refractivity contribution in [3.05, 3.63) is 53.9 Å². The van der Waals surface area contributed by atoms with E-state index in [-0.39, 0.29) is 12.1 Å². The molecule has 2 heterocycles. The number of benzene rings is 1. The number of aryl methyl sites for hydroxylation is 1. The Morgan fingerprint density at radius 2 is 2.10 bits per heavy atom. The Balaban J connectivity index is 1.52. The summed E-state index contributed by atoms with van der Waals surface area (Å²) >= 11 is 0. The zero-order valence-corrected chi connectivity index (χ0v) is 16.4. The summed E-state index contributed by atoms with van der Waals surface area (Å²) in [4.78, 5) is 16.5. The minimum atomic E-state index is -0.396. The number of hydrogen-bond donors (Lipinski definition) is 1. The van der Waals surface area contributed by atoms with Gasteiger partial charge in [0.25, 0.3) is 0 Å². The first kappa shape index (κ1) is 18.9. The fourth-order valence-electron chi connectivity index (χ4n) is 3.74. The van der Waals surface area contributed by atoms with Gasteiger partial charge in [-0.3, -0.25) is 0 Å². The topological polar surface area (TPSA) is 105 Å². The third-order valence-electron chi connectivity index (χ3n) is 5.16. The molecule has 0 aliphatic heterocycles. The fourth-order valence-corrected chi connectivity index (χ4v) is 3.74. The van der Waals surface area contributed by atoms with Crippen LogP contribution in [0.25, 0.3) is 11.5 Å². The molecule has 1 saturated carbocycles. The predicted molar refractivity (Wildman–Crippen MR) is 107 cm³/mol. The molecule has 150 valence electrons. The van der Waals surface area contributed by atoms with E-state index in [1.54, 1.807) is 18.5 Å². The number of nitrogens with two attached hydrogens (primary N) is 1. The molecule has 2 unspecified atom stereocenters. The lowest BCUT2D eigenvalue weighted by molar-refractivity contribution is 0.0593. The molecule has 1 aliphatic carbocycles. The Hall–Kier alpha value is -3.42. The van der Waals surface area contributed by atoms with Gasteiger partial charge in [-0.25, -0.2) is 9.78 Å². The van der Waals surface area contributed by atoms with Crippen molar-refractivity contribution in [2.75, 3.05) is 12.8 Å². The smallest absolute Gasteiger partial charge is 0.341 e. The van der Waals surface area contributed by atoms with E-state index in [0.717, 1.165) is 24.8 Å². The lowest BCUT2D eigenvalue weighted by Crippen LogP contribution is -2.16. The number of nitrogen functional groups attached to an aromatic ring is 1. The van der Waals surface area contributed by atoms with Gasteiger partial charge in [0.2, 0.25) is 0 Å². The standard InChI is InChI=1S/C21H23N5O3/c1-13-6-9-18(16(10-13)21(27)28-2)29-15-8-7-14(11-15)26-12-23-25-20(26)17-4-3-5-19(22)24-17/h3-6,9-10,12,14-15H,7-8,11H2,1-2H3,(H2,22,24). The molecule has 4 rings (SSSR count). The predicted octanol–water partition coefficient (Wildman–Crippen LogP) is 3.19. The van der Waals surface area contributed by atoms with Gasteiger partial charge in [0.05, 0.1) is 7.11 Å². The number of carbonyl (C=O) groups excluding carboxylic acids is 1. The Kier molecular flexibility index (Phi) is 5.16. The van der Waals surface area contributed by atoms with Gasteiger partial charge < -0.3 is 19.8 Å². The SMILES string of the molecule is COC(=O)c1cc(C)ccc1OC1CCC(n2cnnc2-c2cccc(N)n2)C1. The maximum absolute atomic E-state index is 12.1. The summed E-state index contributed by atoms with van der Waals surface area (Å²) < 4.78 is 13.1. The highest BCUT2D eigenvalue weighted by Crippen LogP contribution is 2.36. The van der Waals surface area contributed by atoms with E-state index in [4.69, 9.17) is 15.2 Å². The van der Waals surface area contributed by atoms with E-state index in [1.807, 2.05) is 35.8 Å². The molecule has 3 aromatic rings. The van der Waals surface area contributed by atoms with E-state index in [2.05, 4.69) is 15.2 Å². The molecule has 2 atom stereocenters. The second kappa shape index (κ2) is 7.90. The summed E-state index contributed by atoms with van der Waals surface area (Å²) in [5.41, 5.74) is 7.93. The third kappa shape index (κ3) is 3.91.